The fourth-order valence-electron chi connectivity index (χ4n) is 3.20. The lowest BCUT2D eigenvalue weighted by atomic mass is 10.0. The molecule has 0 saturated carbocycles. The van der Waals surface area contributed by atoms with E-state index in [4.69, 9.17) is 14.7 Å². The molecule has 27 heavy (non-hydrogen) atoms. The van der Waals surface area contributed by atoms with Crippen LogP contribution in [0.3, 0.4) is 0 Å². The van der Waals surface area contributed by atoms with Gasteiger partial charge in [0.1, 0.15) is 5.75 Å². The molecule has 4 nitrogen and oxygen atoms in total. The maximum atomic E-state index is 12.2. The van der Waals surface area contributed by atoms with Gasteiger partial charge in [-0.25, -0.2) is 9.98 Å². The van der Waals surface area contributed by atoms with Gasteiger partial charge in [0.05, 0.1) is 24.1 Å². The van der Waals surface area contributed by atoms with Crippen molar-refractivity contribution in [2.75, 3.05) is 7.11 Å². The molecule has 0 amide bonds. The molecule has 0 spiro atoms. The van der Waals surface area contributed by atoms with Gasteiger partial charge in [-0.05, 0) is 6.07 Å². The average Bonchev–Trinajstić information content (AvgIpc) is 3.16. The Kier molecular flexibility index (Phi) is 4.38. The molecule has 0 fully saturated rings. The zero-order chi connectivity index (χ0) is 18.7. The molecule has 0 bridgehead atoms. The number of ether oxygens (including phenoxy) is 1. The highest BCUT2D eigenvalue weighted by molar-refractivity contribution is 6.54. The Labute approximate surface area is 157 Å². The van der Waals surface area contributed by atoms with E-state index in [1.54, 1.807) is 19.2 Å². The summed E-state index contributed by atoms with van der Waals surface area (Å²) >= 11 is 0. The molecule has 3 aromatic rings. The zero-order valence-corrected chi connectivity index (χ0v) is 14.8. The van der Waals surface area contributed by atoms with Gasteiger partial charge in [0.2, 0.25) is 5.66 Å². The summed E-state index contributed by atoms with van der Waals surface area (Å²) in [5, 5.41) is 0. The summed E-state index contributed by atoms with van der Waals surface area (Å²) in [5.41, 5.74) is 2.20. The Morgan fingerprint density at radius 2 is 1.22 bits per heavy atom. The fraction of sp³-hybridized carbons (Fsp3) is 0.0870. The van der Waals surface area contributed by atoms with Crippen molar-refractivity contribution in [1.29, 1.82) is 0 Å². The molecule has 1 radical (unpaired) electrons. The van der Waals surface area contributed by atoms with E-state index in [0.29, 0.717) is 22.7 Å². The maximum Gasteiger partial charge on any atom is 0.258 e. The quantitative estimate of drug-likeness (QED) is 0.697. The molecule has 0 unspecified atom stereocenters. The smallest absolute Gasteiger partial charge is 0.258 e. The minimum absolute atomic E-state index is 0.551. The lowest BCUT2D eigenvalue weighted by Crippen LogP contribution is -2.22. The van der Waals surface area contributed by atoms with Crippen molar-refractivity contribution in [3.63, 3.8) is 0 Å². The van der Waals surface area contributed by atoms with Crippen LogP contribution in [0.1, 0.15) is 16.7 Å². The van der Waals surface area contributed by atoms with Crippen molar-refractivity contribution in [2.45, 2.75) is 5.66 Å². The van der Waals surface area contributed by atoms with Gasteiger partial charge in [0.25, 0.3) is 6.29 Å². The Bertz CT molecular complexity index is 969. The standard InChI is InChI=1S/C23H17N2O2/c1-27-20-15-9-8-14-19(20)23(16-26)24-21(17-10-4-2-5-11-17)22(25-23)18-12-6-3-7-13-18/h2-15H,1H3. The first kappa shape index (κ1) is 16.9. The van der Waals surface area contributed by atoms with E-state index in [1.807, 2.05) is 72.8 Å². The van der Waals surface area contributed by atoms with Crippen LogP contribution >= 0.6 is 0 Å². The number of benzene rings is 3. The van der Waals surface area contributed by atoms with Crippen LogP contribution < -0.4 is 4.74 Å². The van der Waals surface area contributed by atoms with Gasteiger partial charge >= 0.3 is 0 Å². The fourth-order valence-corrected chi connectivity index (χ4v) is 3.20. The Hall–Kier alpha value is -3.53. The van der Waals surface area contributed by atoms with Crippen LogP contribution in [0.5, 0.6) is 5.75 Å². The Balaban J connectivity index is 1.97. The molecule has 4 rings (SSSR count). The van der Waals surface area contributed by atoms with Crippen molar-refractivity contribution < 1.29 is 9.53 Å². The van der Waals surface area contributed by atoms with Crippen molar-refractivity contribution in [2.24, 2.45) is 9.98 Å². The third-order valence-corrected chi connectivity index (χ3v) is 4.49. The molecule has 4 heteroatoms. The summed E-state index contributed by atoms with van der Waals surface area (Å²) in [5.74, 6) is 0.551. The lowest BCUT2D eigenvalue weighted by molar-refractivity contribution is 0.399. The van der Waals surface area contributed by atoms with Crippen LogP contribution in [0.4, 0.5) is 0 Å². The summed E-state index contributed by atoms with van der Waals surface area (Å²) in [4.78, 5) is 21.7. The monoisotopic (exact) mass is 353 g/mol. The molecule has 3 aromatic carbocycles. The van der Waals surface area contributed by atoms with Crippen LogP contribution in [0.2, 0.25) is 0 Å². The van der Waals surface area contributed by atoms with Crippen LogP contribution in [0.15, 0.2) is 94.9 Å². The van der Waals surface area contributed by atoms with Crippen LogP contribution in [-0.4, -0.2) is 24.8 Å². The Morgan fingerprint density at radius 3 is 1.70 bits per heavy atom. The molecule has 131 valence electrons. The predicted molar refractivity (Wildman–Crippen MR) is 106 cm³/mol. The second kappa shape index (κ2) is 7.00. The number of hydrogen-bond donors (Lipinski definition) is 0. The van der Waals surface area contributed by atoms with Crippen molar-refractivity contribution in [3.8, 4) is 5.75 Å². The first-order chi connectivity index (χ1) is 13.3. The molecule has 0 N–H and O–H groups in total. The SMILES string of the molecule is COc1ccccc1C1([C]=O)N=C(c2ccccc2)C(c2ccccc2)=N1. The number of para-hydroxylation sites is 1. The van der Waals surface area contributed by atoms with Crippen molar-refractivity contribution in [3.05, 3.63) is 102 Å². The molecule has 1 aliphatic heterocycles. The summed E-state index contributed by atoms with van der Waals surface area (Å²) in [6, 6.07) is 26.8. The van der Waals surface area contributed by atoms with Gasteiger partial charge < -0.3 is 4.74 Å². The number of methoxy groups -OCH3 is 1. The molecule has 0 aromatic heterocycles. The molecule has 0 saturated heterocycles. The topological polar surface area (TPSA) is 51.0 Å². The second-order valence-corrected chi connectivity index (χ2v) is 6.13. The predicted octanol–water partition coefficient (Wildman–Crippen LogP) is 3.95. The van der Waals surface area contributed by atoms with Gasteiger partial charge in [0, 0.05) is 11.1 Å². The first-order valence-electron chi connectivity index (χ1n) is 8.61. The number of hydrogen-bond acceptors (Lipinski definition) is 4. The van der Waals surface area contributed by atoms with E-state index < -0.39 is 5.66 Å². The van der Waals surface area contributed by atoms with Gasteiger partial charge in [0.15, 0.2) is 0 Å². The van der Waals surface area contributed by atoms with Crippen LogP contribution in [0.25, 0.3) is 0 Å². The highest BCUT2D eigenvalue weighted by Crippen LogP contribution is 2.38. The number of nitrogens with zero attached hydrogens (tertiary/aromatic N) is 2. The van der Waals surface area contributed by atoms with Crippen LogP contribution in [-0.2, 0) is 10.5 Å². The third kappa shape index (κ3) is 2.95. The molecular weight excluding hydrogens is 336 g/mol. The summed E-state index contributed by atoms with van der Waals surface area (Å²) in [6.45, 7) is 0. The minimum atomic E-state index is -1.48. The van der Waals surface area contributed by atoms with E-state index in [1.165, 1.54) is 0 Å². The number of carbonyl (C=O) groups excluding carboxylic acids is 1. The largest absolute Gasteiger partial charge is 0.496 e. The van der Waals surface area contributed by atoms with Gasteiger partial charge in [-0.2, -0.15) is 0 Å². The molecular formula is C23H17N2O2. The molecule has 0 atom stereocenters. The lowest BCUT2D eigenvalue weighted by Gasteiger charge is -2.18. The van der Waals surface area contributed by atoms with E-state index in [2.05, 4.69) is 6.29 Å². The third-order valence-electron chi connectivity index (χ3n) is 4.49. The molecule has 0 aliphatic carbocycles. The summed E-state index contributed by atoms with van der Waals surface area (Å²) in [7, 11) is 1.57. The molecule has 1 aliphatic rings. The first-order valence-corrected chi connectivity index (χ1v) is 8.61. The van der Waals surface area contributed by atoms with Gasteiger partial charge in [-0.1, -0.05) is 78.9 Å². The van der Waals surface area contributed by atoms with Gasteiger partial charge in [-0.3, -0.25) is 4.79 Å². The highest BCUT2D eigenvalue weighted by Gasteiger charge is 2.41. The van der Waals surface area contributed by atoms with E-state index in [-0.39, 0.29) is 0 Å². The van der Waals surface area contributed by atoms with E-state index in [0.717, 1.165) is 11.1 Å². The van der Waals surface area contributed by atoms with Crippen molar-refractivity contribution >= 4 is 17.7 Å². The average molecular weight is 353 g/mol. The summed E-state index contributed by atoms with van der Waals surface area (Å²) < 4.78 is 5.45. The van der Waals surface area contributed by atoms with E-state index in [9.17, 15) is 4.79 Å². The zero-order valence-electron chi connectivity index (χ0n) is 14.8. The maximum absolute atomic E-state index is 12.2. The van der Waals surface area contributed by atoms with Crippen molar-refractivity contribution in [1.82, 2.24) is 0 Å². The highest BCUT2D eigenvalue weighted by atomic mass is 16.5. The summed E-state index contributed by atoms with van der Waals surface area (Å²) in [6.07, 6.45) is 2.06. The normalized spacial score (nSPS) is 15.0. The molecule has 1 heterocycles. The van der Waals surface area contributed by atoms with Crippen LogP contribution in [0, 0.1) is 0 Å². The number of rotatable bonds is 5. The minimum Gasteiger partial charge on any atom is -0.496 e. The van der Waals surface area contributed by atoms with E-state index >= 15 is 0 Å². The van der Waals surface area contributed by atoms with Gasteiger partial charge in [-0.15, -0.1) is 0 Å². The second-order valence-electron chi connectivity index (χ2n) is 6.13. The number of aliphatic imine (C=N–C) groups is 2. The Morgan fingerprint density at radius 1 is 0.741 bits per heavy atom.